The number of nitrogens with two attached hydrogens (primary N) is 1. The van der Waals surface area contributed by atoms with Crippen molar-refractivity contribution < 1.29 is 8.78 Å². The number of hydrogen-bond acceptors (Lipinski definition) is 7. The first kappa shape index (κ1) is 34.4. The number of nitrogens with one attached hydrogen (secondary N) is 2. The van der Waals surface area contributed by atoms with Crippen molar-refractivity contribution >= 4 is 53.4 Å². The fraction of sp³-hybridized carbons (Fsp3) is 0.290. The summed E-state index contributed by atoms with van der Waals surface area (Å²) in [6.07, 6.45) is 5.65. The Hall–Kier alpha value is -2.85. The summed E-state index contributed by atoms with van der Waals surface area (Å²) in [6, 6.07) is 14.4. The molecule has 0 spiro atoms. The lowest BCUT2D eigenvalue weighted by Gasteiger charge is -2.29. The summed E-state index contributed by atoms with van der Waals surface area (Å²) in [5, 5.41) is 18.8. The molecule has 220 valence electrons. The van der Waals surface area contributed by atoms with Crippen LogP contribution in [0.4, 0.5) is 14.5 Å². The summed E-state index contributed by atoms with van der Waals surface area (Å²) in [7, 11) is 0. The van der Waals surface area contributed by atoms with Crippen molar-refractivity contribution in [1.29, 1.82) is 5.41 Å². The second kappa shape index (κ2) is 17.9. The maximum Gasteiger partial charge on any atom is 0.141 e. The molecule has 2 aliphatic heterocycles. The van der Waals surface area contributed by atoms with Gasteiger partial charge in [0, 0.05) is 45.9 Å². The van der Waals surface area contributed by atoms with Crippen LogP contribution < -0.4 is 10.5 Å². The number of hydrogen-bond donors (Lipinski definition) is 4. The first-order chi connectivity index (χ1) is 19.7. The van der Waals surface area contributed by atoms with Crippen LogP contribution in [0.15, 0.2) is 99.9 Å². The number of rotatable bonds is 9. The molecule has 2 aliphatic rings. The highest BCUT2D eigenvalue weighted by Crippen LogP contribution is 2.34. The highest BCUT2D eigenvalue weighted by atomic mass is 35.5. The van der Waals surface area contributed by atoms with Crippen LogP contribution in [0, 0.1) is 18.2 Å². The Morgan fingerprint density at radius 2 is 2.02 bits per heavy atom. The van der Waals surface area contributed by atoms with Gasteiger partial charge in [-0.15, -0.1) is 12.8 Å². The molecule has 0 aromatic heterocycles. The molecule has 0 aliphatic carbocycles. The molecular weight excluding hydrogens is 580 g/mol. The zero-order valence-corrected chi connectivity index (χ0v) is 26.0. The fourth-order valence-electron chi connectivity index (χ4n) is 4.17. The van der Waals surface area contributed by atoms with E-state index in [4.69, 9.17) is 22.0 Å². The average Bonchev–Trinajstić information content (AvgIpc) is 3.37. The van der Waals surface area contributed by atoms with Gasteiger partial charge in [-0.2, -0.15) is 0 Å². The molecule has 2 aromatic carbocycles. The lowest BCUT2D eigenvalue weighted by atomic mass is 10.0. The number of halogens is 3. The molecule has 2 atom stereocenters. The minimum absolute atomic E-state index is 0.207. The minimum Gasteiger partial charge on any atom is -0.380 e. The highest BCUT2D eigenvalue weighted by Gasteiger charge is 2.35. The Labute approximate surface area is 257 Å². The molecule has 1 fully saturated rings. The van der Waals surface area contributed by atoms with Crippen LogP contribution in [0.3, 0.4) is 0 Å². The SMILES string of the molecule is C=C(S/C=C\C)C1=NCC(C(=N)/C=C\CC(C)F)=C2CC(Nc3ccc(C)cc3)CN12.Fc1cccc(Cl)c1.NS. The van der Waals surface area contributed by atoms with Crippen LogP contribution in [0.2, 0.25) is 5.02 Å². The number of benzene rings is 2. The van der Waals surface area contributed by atoms with Crippen molar-refractivity contribution in [2.45, 2.75) is 45.8 Å². The second-order valence-electron chi connectivity index (χ2n) is 9.37. The summed E-state index contributed by atoms with van der Waals surface area (Å²) in [6.45, 7) is 11.0. The number of amidine groups is 1. The third-order valence-electron chi connectivity index (χ3n) is 6.03. The van der Waals surface area contributed by atoms with E-state index >= 15 is 0 Å². The first-order valence-electron chi connectivity index (χ1n) is 13.1. The molecule has 0 bridgehead atoms. The van der Waals surface area contributed by atoms with Gasteiger partial charge in [-0.05, 0) is 69.0 Å². The fourth-order valence-corrected chi connectivity index (χ4v) is 4.93. The Morgan fingerprint density at radius 1 is 1.32 bits per heavy atom. The van der Waals surface area contributed by atoms with Gasteiger partial charge < -0.3 is 15.6 Å². The van der Waals surface area contributed by atoms with Gasteiger partial charge in [0.1, 0.15) is 17.8 Å². The Morgan fingerprint density at radius 3 is 2.61 bits per heavy atom. The molecule has 2 aromatic rings. The van der Waals surface area contributed by atoms with Crippen LogP contribution >= 0.6 is 36.2 Å². The molecule has 5 nitrogen and oxygen atoms in total. The maximum atomic E-state index is 13.1. The van der Waals surface area contributed by atoms with Gasteiger partial charge in [0.2, 0.25) is 0 Å². The van der Waals surface area contributed by atoms with E-state index < -0.39 is 6.17 Å². The van der Waals surface area contributed by atoms with E-state index in [-0.39, 0.29) is 11.9 Å². The standard InChI is InChI=1S/C25H31FN4S.C6H4ClF.H3NS/c1-5-13-31-19(4)25-28-15-22(23(27)8-6-7-18(3)26)24-14-21(16-30(24)25)29-20-11-9-17(2)10-12-20;7-5-2-1-3-6(8)4-5;1-2/h5-6,8-13,18,21,27,29H,4,7,14-16H2,1-3H3;1-4H;2H,1H2/b8-6-,13-5-,27-23?;;. The Kier molecular flexibility index (Phi) is 15.0. The number of aryl methyl sites for hydroxylation is 1. The largest absolute Gasteiger partial charge is 0.380 e. The Bertz CT molecular complexity index is 1270. The molecule has 4 N–H and O–H groups in total. The minimum atomic E-state index is -0.907. The van der Waals surface area contributed by atoms with E-state index in [0.717, 1.165) is 40.7 Å². The van der Waals surface area contributed by atoms with E-state index in [1.54, 1.807) is 36.0 Å². The van der Waals surface area contributed by atoms with Crippen molar-refractivity contribution in [2.24, 2.45) is 10.1 Å². The van der Waals surface area contributed by atoms with Crippen LogP contribution in [0.5, 0.6) is 0 Å². The summed E-state index contributed by atoms with van der Waals surface area (Å²) >= 11 is 10.00. The number of aliphatic imine (C=N–C) groups is 1. The van der Waals surface area contributed by atoms with Crippen molar-refractivity contribution in [1.82, 2.24) is 4.90 Å². The zero-order chi connectivity index (χ0) is 30.4. The third-order valence-corrected chi connectivity index (χ3v) is 7.15. The molecule has 10 heteroatoms. The number of thiol groups is 1. The number of allylic oxidation sites excluding steroid dienone is 3. The number of anilines is 1. The van der Waals surface area contributed by atoms with E-state index in [9.17, 15) is 8.78 Å². The topological polar surface area (TPSA) is 77.5 Å². The normalized spacial score (nSPS) is 16.8. The van der Waals surface area contributed by atoms with E-state index in [1.165, 1.54) is 24.6 Å². The van der Waals surface area contributed by atoms with Gasteiger partial charge in [0.15, 0.2) is 0 Å². The predicted molar refractivity (Wildman–Crippen MR) is 177 cm³/mol. The molecular formula is C31H38ClF2N5S2. The quantitative estimate of drug-likeness (QED) is 0.168. The monoisotopic (exact) mass is 617 g/mol. The summed E-state index contributed by atoms with van der Waals surface area (Å²) in [5.41, 5.74) is 4.74. The Balaban J connectivity index is 0.000000500. The van der Waals surface area contributed by atoms with Gasteiger partial charge in [-0.25, -0.2) is 8.78 Å². The lowest BCUT2D eigenvalue weighted by molar-refractivity contribution is 0.365. The lowest BCUT2D eigenvalue weighted by Crippen LogP contribution is -2.35. The van der Waals surface area contributed by atoms with Gasteiger partial charge in [0.25, 0.3) is 0 Å². The first-order valence-corrected chi connectivity index (χ1v) is 14.9. The van der Waals surface area contributed by atoms with Crippen molar-refractivity contribution in [3.8, 4) is 0 Å². The van der Waals surface area contributed by atoms with Crippen LogP contribution in [-0.2, 0) is 0 Å². The molecule has 0 saturated carbocycles. The molecule has 41 heavy (non-hydrogen) atoms. The van der Waals surface area contributed by atoms with Crippen LogP contribution in [-0.4, -0.2) is 41.8 Å². The highest BCUT2D eigenvalue weighted by molar-refractivity contribution is 8.06. The number of nitrogens with zero attached hydrogens (tertiary/aromatic N) is 2. The number of alkyl halides is 1. The van der Waals surface area contributed by atoms with E-state index in [1.807, 2.05) is 18.4 Å². The molecule has 4 rings (SSSR count). The smallest absolute Gasteiger partial charge is 0.141 e. The van der Waals surface area contributed by atoms with Gasteiger partial charge in [-0.1, -0.05) is 65.9 Å². The van der Waals surface area contributed by atoms with Gasteiger partial charge in [-0.3, -0.25) is 10.1 Å². The maximum absolute atomic E-state index is 13.1. The van der Waals surface area contributed by atoms with Crippen LogP contribution in [0.25, 0.3) is 0 Å². The second-order valence-corrected chi connectivity index (χ2v) is 10.8. The van der Waals surface area contributed by atoms with Gasteiger partial charge >= 0.3 is 0 Å². The molecule has 0 radical (unpaired) electrons. The summed E-state index contributed by atoms with van der Waals surface area (Å²) < 4.78 is 25.2. The van der Waals surface area contributed by atoms with Crippen molar-refractivity contribution in [3.05, 3.63) is 111 Å². The summed E-state index contributed by atoms with van der Waals surface area (Å²) in [4.78, 5) is 7.88. The zero-order valence-electron chi connectivity index (χ0n) is 23.6. The molecule has 0 amide bonds. The predicted octanol–water partition coefficient (Wildman–Crippen LogP) is 8.52. The number of thioether (sulfide) groups is 1. The van der Waals surface area contributed by atoms with Crippen molar-refractivity contribution in [2.75, 3.05) is 18.4 Å². The van der Waals surface area contributed by atoms with E-state index in [0.29, 0.717) is 23.7 Å². The van der Waals surface area contributed by atoms with E-state index in [2.05, 4.69) is 65.9 Å². The van der Waals surface area contributed by atoms with Crippen molar-refractivity contribution in [3.63, 3.8) is 0 Å². The van der Waals surface area contributed by atoms with Crippen LogP contribution in [0.1, 0.15) is 32.3 Å². The number of fused-ring (bicyclic) bond motifs is 1. The average molecular weight is 618 g/mol. The third kappa shape index (κ3) is 11.2. The molecule has 1 saturated heterocycles. The molecule has 2 unspecified atom stereocenters. The van der Waals surface area contributed by atoms with Gasteiger partial charge in [0.05, 0.1) is 12.3 Å². The summed E-state index contributed by atoms with van der Waals surface area (Å²) in [5.74, 6) is 0.585. The molecule has 2 heterocycles.